The molecule has 1 heterocycles. The number of hydrogen-bond acceptors (Lipinski definition) is 3. The zero-order valence-electron chi connectivity index (χ0n) is 13.5. The Balaban J connectivity index is 1.66. The predicted octanol–water partition coefficient (Wildman–Crippen LogP) is 1.96. The van der Waals surface area contributed by atoms with E-state index in [2.05, 4.69) is 20.9 Å². The summed E-state index contributed by atoms with van der Waals surface area (Å²) >= 11 is 6.12. The van der Waals surface area contributed by atoms with E-state index >= 15 is 0 Å². The highest BCUT2D eigenvalue weighted by Gasteiger charge is 2.05. The minimum absolute atomic E-state index is 0.131. The van der Waals surface area contributed by atoms with Gasteiger partial charge >= 0.3 is 0 Å². The van der Waals surface area contributed by atoms with Crippen molar-refractivity contribution in [1.29, 1.82) is 0 Å². The van der Waals surface area contributed by atoms with Gasteiger partial charge in [-0.1, -0.05) is 29.8 Å². The monoisotopic (exact) mass is 348 g/mol. The predicted molar refractivity (Wildman–Crippen MR) is 95.1 cm³/mol. The zero-order chi connectivity index (χ0) is 17.2. The smallest absolute Gasteiger partial charge is 0.239 e. The number of hydrogen-bond donors (Lipinski definition) is 3. The van der Waals surface area contributed by atoms with Crippen LogP contribution in [0.4, 0.5) is 0 Å². The number of nitrogens with one attached hydrogen (secondary N) is 3. The van der Waals surface area contributed by atoms with E-state index in [4.69, 9.17) is 16.0 Å². The van der Waals surface area contributed by atoms with Crippen LogP contribution in [0.2, 0.25) is 5.02 Å². The molecule has 0 unspecified atom stereocenters. The quantitative estimate of drug-likeness (QED) is 0.528. The first-order valence-electron chi connectivity index (χ1n) is 7.66. The number of rotatable bonds is 7. The maximum Gasteiger partial charge on any atom is 0.239 e. The molecule has 0 fully saturated rings. The van der Waals surface area contributed by atoms with E-state index in [0.717, 1.165) is 17.0 Å². The first kappa shape index (κ1) is 17.9. The van der Waals surface area contributed by atoms with E-state index in [-0.39, 0.29) is 12.5 Å². The molecule has 0 aliphatic rings. The van der Waals surface area contributed by atoms with Crippen molar-refractivity contribution < 1.29 is 9.21 Å². The van der Waals surface area contributed by atoms with Crippen LogP contribution in [0.5, 0.6) is 0 Å². The molecule has 7 heteroatoms. The number of nitrogens with zero attached hydrogens (tertiary/aromatic N) is 1. The van der Waals surface area contributed by atoms with Crippen LogP contribution in [0, 0.1) is 0 Å². The third-order valence-corrected chi connectivity index (χ3v) is 3.69. The second kappa shape index (κ2) is 9.62. The van der Waals surface area contributed by atoms with E-state index in [1.165, 1.54) is 0 Å². The van der Waals surface area contributed by atoms with E-state index in [0.29, 0.717) is 24.8 Å². The number of guanidine groups is 1. The Hall–Kier alpha value is -2.47. The fourth-order valence-corrected chi connectivity index (χ4v) is 2.29. The molecule has 1 aromatic carbocycles. The fourth-order valence-electron chi connectivity index (χ4n) is 2.06. The summed E-state index contributed by atoms with van der Waals surface area (Å²) in [6.07, 6.45) is 2.34. The van der Waals surface area contributed by atoms with Crippen LogP contribution in [-0.2, 0) is 17.8 Å². The van der Waals surface area contributed by atoms with E-state index in [1.807, 2.05) is 30.3 Å². The van der Waals surface area contributed by atoms with Gasteiger partial charge in [-0.15, -0.1) is 0 Å². The van der Waals surface area contributed by atoms with Gasteiger partial charge in [-0.25, -0.2) is 0 Å². The lowest BCUT2D eigenvalue weighted by atomic mass is 10.1. The van der Waals surface area contributed by atoms with Gasteiger partial charge in [-0.3, -0.25) is 9.79 Å². The Labute approximate surface area is 146 Å². The average Bonchev–Trinajstić information content (AvgIpc) is 3.11. The van der Waals surface area contributed by atoms with Crippen LogP contribution >= 0.6 is 11.6 Å². The van der Waals surface area contributed by atoms with Crippen molar-refractivity contribution in [1.82, 2.24) is 16.0 Å². The molecular formula is C17H21ClN4O2. The number of halogens is 1. The molecule has 24 heavy (non-hydrogen) atoms. The lowest BCUT2D eigenvalue weighted by molar-refractivity contribution is -0.120. The number of amides is 1. The molecule has 0 atom stereocenters. The summed E-state index contributed by atoms with van der Waals surface area (Å²) in [5, 5.41) is 9.62. The highest BCUT2D eigenvalue weighted by molar-refractivity contribution is 6.31. The molecule has 0 saturated carbocycles. The molecule has 6 nitrogen and oxygen atoms in total. The number of furan rings is 1. The van der Waals surface area contributed by atoms with Crippen molar-refractivity contribution >= 4 is 23.5 Å². The fraction of sp³-hybridized carbons (Fsp3) is 0.294. The molecule has 0 saturated heterocycles. The van der Waals surface area contributed by atoms with Crippen LogP contribution < -0.4 is 16.0 Å². The van der Waals surface area contributed by atoms with Crippen molar-refractivity contribution in [3.8, 4) is 0 Å². The normalized spacial score (nSPS) is 11.2. The number of aliphatic imine (C=N–C) groups is 1. The topological polar surface area (TPSA) is 78.7 Å². The van der Waals surface area contributed by atoms with E-state index in [1.54, 1.807) is 19.4 Å². The largest absolute Gasteiger partial charge is 0.467 e. The van der Waals surface area contributed by atoms with Crippen LogP contribution in [-0.4, -0.2) is 32.0 Å². The van der Waals surface area contributed by atoms with E-state index < -0.39 is 0 Å². The molecule has 0 radical (unpaired) electrons. The Morgan fingerprint density at radius 3 is 2.71 bits per heavy atom. The molecule has 0 aliphatic heterocycles. The maximum absolute atomic E-state index is 11.8. The van der Waals surface area contributed by atoms with Gasteiger partial charge in [0.25, 0.3) is 0 Å². The minimum Gasteiger partial charge on any atom is -0.467 e. The summed E-state index contributed by atoms with van der Waals surface area (Å²) in [7, 11) is 1.66. The highest BCUT2D eigenvalue weighted by Crippen LogP contribution is 2.14. The standard InChI is InChI=1S/C17H21ClN4O2/c1-19-17(20-9-8-13-5-2-3-7-15(13)18)22-12-16(23)21-11-14-6-4-10-24-14/h2-7,10H,8-9,11-12H2,1H3,(H,21,23)(H2,19,20,22). The van der Waals surface area contributed by atoms with E-state index in [9.17, 15) is 4.79 Å². The molecule has 128 valence electrons. The Kier molecular flexibility index (Phi) is 7.17. The lowest BCUT2D eigenvalue weighted by Crippen LogP contribution is -2.43. The van der Waals surface area contributed by atoms with Gasteiger partial charge in [-0.2, -0.15) is 0 Å². The molecule has 0 spiro atoms. The van der Waals surface area contributed by atoms with Gasteiger partial charge in [0.1, 0.15) is 5.76 Å². The summed E-state index contributed by atoms with van der Waals surface area (Å²) in [5.41, 5.74) is 1.07. The van der Waals surface area contributed by atoms with Crippen molar-refractivity contribution in [3.05, 3.63) is 59.0 Å². The number of carbonyl (C=O) groups excluding carboxylic acids is 1. The molecule has 2 aromatic rings. The Morgan fingerprint density at radius 2 is 2.00 bits per heavy atom. The lowest BCUT2D eigenvalue weighted by Gasteiger charge is -2.12. The summed E-state index contributed by atoms with van der Waals surface area (Å²) in [6.45, 7) is 1.16. The van der Waals surface area contributed by atoms with Gasteiger partial charge in [-0.05, 0) is 30.2 Å². The highest BCUT2D eigenvalue weighted by atomic mass is 35.5. The van der Waals surface area contributed by atoms with Gasteiger partial charge in [0, 0.05) is 18.6 Å². The molecule has 0 bridgehead atoms. The summed E-state index contributed by atoms with van der Waals surface area (Å²) < 4.78 is 5.15. The second-order valence-electron chi connectivity index (χ2n) is 5.05. The number of benzene rings is 1. The molecule has 3 N–H and O–H groups in total. The molecule has 0 aliphatic carbocycles. The SMILES string of the molecule is CN=C(NCCc1ccccc1Cl)NCC(=O)NCc1ccco1. The van der Waals surface area contributed by atoms with Crippen LogP contribution in [0.3, 0.4) is 0 Å². The minimum atomic E-state index is -0.138. The first-order valence-corrected chi connectivity index (χ1v) is 8.04. The summed E-state index contributed by atoms with van der Waals surface area (Å²) in [4.78, 5) is 15.9. The average molecular weight is 349 g/mol. The second-order valence-corrected chi connectivity index (χ2v) is 5.46. The molecule has 1 amide bonds. The summed E-state index contributed by atoms with van der Waals surface area (Å²) in [5.74, 6) is 1.14. The maximum atomic E-state index is 11.8. The van der Waals surface area contributed by atoms with Crippen molar-refractivity contribution in [2.45, 2.75) is 13.0 Å². The van der Waals surface area contributed by atoms with Crippen molar-refractivity contribution in [2.24, 2.45) is 4.99 Å². The van der Waals surface area contributed by atoms with Crippen LogP contribution in [0.25, 0.3) is 0 Å². The Bertz CT molecular complexity index is 671. The van der Waals surface area contributed by atoms with Crippen LogP contribution in [0.15, 0.2) is 52.1 Å². The van der Waals surface area contributed by atoms with Gasteiger partial charge in [0.05, 0.1) is 19.4 Å². The van der Waals surface area contributed by atoms with Crippen molar-refractivity contribution in [2.75, 3.05) is 20.1 Å². The first-order chi connectivity index (χ1) is 11.7. The van der Waals surface area contributed by atoms with Crippen LogP contribution in [0.1, 0.15) is 11.3 Å². The zero-order valence-corrected chi connectivity index (χ0v) is 14.3. The summed E-state index contributed by atoms with van der Waals surface area (Å²) in [6, 6.07) is 11.3. The van der Waals surface area contributed by atoms with Gasteiger partial charge in [0.15, 0.2) is 5.96 Å². The molecular weight excluding hydrogens is 328 g/mol. The number of carbonyl (C=O) groups is 1. The third kappa shape index (κ3) is 5.96. The van der Waals surface area contributed by atoms with Gasteiger partial charge < -0.3 is 20.4 Å². The van der Waals surface area contributed by atoms with Gasteiger partial charge in [0.2, 0.25) is 5.91 Å². The van der Waals surface area contributed by atoms with Crippen molar-refractivity contribution in [3.63, 3.8) is 0 Å². The Morgan fingerprint density at radius 1 is 1.17 bits per heavy atom. The molecule has 1 aromatic heterocycles. The molecule has 2 rings (SSSR count). The third-order valence-electron chi connectivity index (χ3n) is 3.32.